The Balaban J connectivity index is 2.66. The first-order valence-electron chi connectivity index (χ1n) is 3.94. The number of hydrogen-bond donors (Lipinski definition) is 1. The van der Waals surface area contributed by atoms with Gasteiger partial charge in [-0.2, -0.15) is 0 Å². The first-order valence-corrected chi connectivity index (χ1v) is 3.94. The molecule has 4 heteroatoms. The van der Waals surface area contributed by atoms with Gasteiger partial charge in [0.2, 0.25) is 0 Å². The molecule has 0 bridgehead atoms. The lowest BCUT2D eigenvalue weighted by atomic mass is 10.3. The summed E-state index contributed by atoms with van der Waals surface area (Å²) in [6.07, 6.45) is 5.11. The van der Waals surface area contributed by atoms with Gasteiger partial charge in [-0.05, 0) is 19.8 Å². The van der Waals surface area contributed by atoms with E-state index in [9.17, 15) is 9.59 Å². The minimum Gasteiger partial charge on any atom is -0.323 e. The highest BCUT2D eigenvalue weighted by Crippen LogP contribution is 2.41. The molecule has 1 aliphatic rings. The number of rotatable bonds is 1. The van der Waals surface area contributed by atoms with Crippen LogP contribution in [0.25, 0.3) is 0 Å². The summed E-state index contributed by atoms with van der Waals surface area (Å²) in [6, 6.07) is 0. The van der Waals surface area contributed by atoms with Gasteiger partial charge in [-0.25, -0.2) is 0 Å². The van der Waals surface area contributed by atoms with Gasteiger partial charge in [-0.15, -0.1) is 0 Å². The first kappa shape index (κ1) is 7.34. The Hall–Kier alpha value is -1.32. The van der Waals surface area contributed by atoms with E-state index in [1.807, 2.05) is 6.92 Å². The normalized spacial score (nSPS) is 19.1. The highest BCUT2D eigenvalue weighted by Gasteiger charge is 2.40. The van der Waals surface area contributed by atoms with Crippen LogP contribution >= 0.6 is 0 Å². The van der Waals surface area contributed by atoms with Crippen molar-refractivity contribution in [3.05, 3.63) is 33.1 Å². The average molecular weight is 166 g/mol. The third-order valence-electron chi connectivity index (χ3n) is 2.41. The molecular weight excluding hydrogens is 156 g/mol. The minimum absolute atomic E-state index is 0.0919. The number of nitrogens with zero attached hydrogens (tertiary/aromatic N) is 1. The molecule has 1 fully saturated rings. The van der Waals surface area contributed by atoms with Gasteiger partial charge in [-0.3, -0.25) is 9.59 Å². The van der Waals surface area contributed by atoms with Crippen LogP contribution < -0.4 is 11.1 Å². The smallest absolute Gasteiger partial charge is 0.316 e. The molecule has 1 aliphatic carbocycles. The van der Waals surface area contributed by atoms with Crippen molar-refractivity contribution < 1.29 is 0 Å². The van der Waals surface area contributed by atoms with Crippen LogP contribution in [0.15, 0.2) is 22.0 Å². The van der Waals surface area contributed by atoms with Crippen LogP contribution in [0.2, 0.25) is 0 Å². The SMILES string of the molecule is CC1(n2cc[nH]c(=O)c2=O)CC1. The molecule has 1 N–H and O–H groups in total. The topological polar surface area (TPSA) is 54.9 Å². The maximum absolute atomic E-state index is 11.3. The lowest BCUT2D eigenvalue weighted by molar-refractivity contribution is 0.506. The summed E-state index contributed by atoms with van der Waals surface area (Å²) < 4.78 is 1.52. The molecule has 1 aromatic heterocycles. The number of nitrogens with one attached hydrogen (secondary N) is 1. The van der Waals surface area contributed by atoms with Crippen LogP contribution in [0.4, 0.5) is 0 Å². The highest BCUT2D eigenvalue weighted by atomic mass is 16.2. The van der Waals surface area contributed by atoms with Crippen LogP contribution in [0, 0.1) is 0 Å². The summed E-state index contributed by atoms with van der Waals surface area (Å²) in [7, 11) is 0. The van der Waals surface area contributed by atoms with Crippen molar-refractivity contribution in [1.82, 2.24) is 9.55 Å². The van der Waals surface area contributed by atoms with Crippen molar-refractivity contribution in [1.29, 1.82) is 0 Å². The molecule has 4 nitrogen and oxygen atoms in total. The predicted molar refractivity (Wildman–Crippen MR) is 44.2 cm³/mol. The minimum atomic E-state index is -0.536. The molecule has 1 heterocycles. The van der Waals surface area contributed by atoms with Crippen LogP contribution in [-0.4, -0.2) is 9.55 Å². The first-order chi connectivity index (χ1) is 5.63. The van der Waals surface area contributed by atoms with Gasteiger partial charge in [0, 0.05) is 17.9 Å². The van der Waals surface area contributed by atoms with Crippen molar-refractivity contribution in [3.63, 3.8) is 0 Å². The highest BCUT2D eigenvalue weighted by molar-refractivity contribution is 5.00. The van der Waals surface area contributed by atoms with E-state index in [2.05, 4.69) is 4.98 Å². The molecule has 1 aromatic rings. The second kappa shape index (κ2) is 2.09. The zero-order chi connectivity index (χ0) is 8.77. The third-order valence-corrected chi connectivity index (χ3v) is 2.41. The average Bonchev–Trinajstić information content (AvgIpc) is 2.75. The number of aromatic nitrogens is 2. The Morgan fingerprint density at radius 3 is 2.75 bits per heavy atom. The van der Waals surface area contributed by atoms with E-state index in [1.54, 1.807) is 6.20 Å². The van der Waals surface area contributed by atoms with Gasteiger partial charge in [0.15, 0.2) is 0 Å². The van der Waals surface area contributed by atoms with Crippen molar-refractivity contribution in [2.45, 2.75) is 25.3 Å². The predicted octanol–water partition coefficient (Wildman–Crippen LogP) is 0.0456. The molecule has 0 unspecified atom stereocenters. The summed E-state index contributed by atoms with van der Waals surface area (Å²) in [4.78, 5) is 24.6. The van der Waals surface area contributed by atoms with E-state index in [-0.39, 0.29) is 5.54 Å². The molecule has 0 saturated heterocycles. The number of H-pyrrole nitrogens is 1. The zero-order valence-electron chi connectivity index (χ0n) is 6.83. The van der Waals surface area contributed by atoms with E-state index >= 15 is 0 Å². The van der Waals surface area contributed by atoms with Gasteiger partial charge in [0.25, 0.3) is 0 Å². The Morgan fingerprint density at radius 1 is 1.50 bits per heavy atom. The molecule has 0 aliphatic heterocycles. The lowest BCUT2D eigenvalue weighted by Gasteiger charge is -2.10. The van der Waals surface area contributed by atoms with E-state index in [1.165, 1.54) is 10.8 Å². The molecule has 0 amide bonds. The fourth-order valence-corrected chi connectivity index (χ4v) is 1.27. The summed E-state index contributed by atoms with van der Waals surface area (Å²) in [5, 5.41) is 0. The van der Waals surface area contributed by atoms with E-state index in [4.69, 9.17) is 0 Å². The third kappa shape index (κ3) is 0.913. The van der Waals surface area contributed by atoms with Crippen molar-refractivity contribution >= 4 is 0 Å². The van der Waals surface area contributed by atoms with Gasteiger partial charge in [0.1, 0.15) is 0 Å². The van der Waals surface area contributed by atoms with Gasteiger partial charge >= 0.3 is 11.1 Å². The van der Waals surface area contributed by atoms with Crippen LogP contribution in [0.5, 0.6) is 0 Å². The molecule has 0 spiro atoms. The summed E-state index contributed by atoms with van der Waals surface area (Å²) in [5.74, 6) is 0. The summed E-state index contributed by atoms with van der Waals surface area (Å²) >= 11 is 0. The number of hydrogen-bond acceptors (Lipinski definition) is 2. The molecule has 0 radical (unpaired) electrons. The van der Waals surface area contributed by atoms with Crippen molar-refractivity contribution in [3.8, 4) is 0 Å². The van der Waals surface area contributed by atoms with E-state index in [0.29, 0.717) is 0 Å². The molecule has 64 valence electrons. The Bertz CT molecular complexity index is 412. The van der Waals surface area contributed by atoms with Gasteiger partial charge in [-0.1, -0.05) is 0 Å². The molecule has 1 saturated carbocycles. The second-order valence-corrected chi connectivity index (χ2v) is 3.46. The van der Waals surface area contributed by atoms with E-state index in [0.717, 1.165) is 12.8 Å². The van der Waals surface area contributed by atoms with Crippen LogP contribution in [0.1, 0.15) is 19.8 Å². The fourth-order valence-electron chi connectivity index (χ4n) is 1.27. The Morgan fingerprint density at radius 2 is 2.17 bits per heavy atom. The van der Waals surface area contributed by atoms with Crippen molar-refractivity contribution in [2.24, 2.45) is 0 Å². The molecule has 0 aromatic carbocycles. The molecule has 12 heavy (non-hydrogen) atoms. The maximum Gasteiger partial charge on any atom is 0.316 e. The monoisotopic (exact) mass is 166 g/mol. The molecule has 2 rings (SSSR count). The largest absolute Gasteiger partial charge is 0.323 e. The Kier molecular flexibility index (Phi) is 1.28. The summed E-state index contributed by atoms with van der Waals surface area (Å²) in [6.45, 7) is 1.98. The van der Waals surface area contributed by atoms with Crippen molar-refractivity contribution in [2.75, 3.05) is 0 Å². The second-order valence-electron chi connectivity index (χ2n) is 3.46. The lowest BCUT2D eigenvalue weighted by Crippen LogP contribution is -2.39. The van der Waals surface area contributed by atoms with Crippen LogP contribution in [0.3, 0.4) is 0 Å². The Labute approximate surface area is 68.9 Å². The zero-order valence-corrected chi connectivity index (χ0v) is 6.83. The molecule has 0 atom stereocenters. The maximum atomic E-state index is 11.3. The quantitative estimate of drug-likeness (QED) is 0.599. The van der Waals surface area contributed by atoms with Crippen LogP contribution in [-0.2, 0) is 5.54 Å². The van der Waals surface area contributed by atoms with Gasteiger partial charge in [0.05, 0.1) is 0 Å². The fraction of sp³-hybridized carbons (Fsp3) is 0.500. The van der Waals surface area contributed by atoms with E-state index < -0.39 is 11.1 Å². The molecular formula is C8H10N2O2. The van der Waals surface area contributed by atoms with Gasteiger partial charge < -0.3 is 9.55 Å². The standard InChI is InChI=1S/C8H10N2O2/c1-8(2-3-8)10-5-4-9-6(11)7(10)12/h4-5H,2-3H2,1H3,(H,9,11). The summed E-state index contributed by atoms with van der Waals surface area (Å²) in [5.41, 5.74) is -1.08. The number of aromatic amines is 1.